The second-order valence-corrected chi connectivity index (χ2v) is 3.60. The van der Waals surface area contributed by atoms with Crippen LogP contribution in [0.15, 0.2) is 18.2 Å². The Balaban J connectivity index is 2.55. The van der Waals surface area contributed by atoms with Crippen molar-refractivity contribution < 1.29 is 9.53 Å². The molecule has 0 bridgehead atoms. The number of hydrogen-bond donors (Lipinski definition) is 0. The normalized spacial score (nSPS) is 9.93. The molecule has 0 atom stereocenters. The first-order chi connectivity index (χ1) is 6.59. The maximum Gasteiger partial charge on any atom is 0.302 e. The number of hydrogen-bond acceptors (Lipinski definition) is 2. The van der Waals surface area contributed by atoms with Crippen LogP contribution in [0.4, 0.5) is 0 Å². The summed E-state index contributed by atoms with van der Waals surface area (Å²) >= 11 is 5.82. The first kappa shape index (κ1) is 11.1. The van der Waals surface area contributed by atoms with Crippen molar-refractivity contribution in [2.45, 2.75) is 20.3 Å². The van der Waals surface area contributed by atoms with Gasteiger partial charge in [-0.05, 0) is 30.2 Å². The van der Waals surface area contributed by atoms with Crippen molar-refractivity contribution in [2.24, 2.45) is 0 Å². The minimum absolute atomic E-state index is 0.239. The third-order valence-corrected chi connectivity index (χ3v) is 2.22. The number of carbonyl (C=O) groups excluding carboxylic acids is 1. The van der Waals surface area contributed by atoms with Gasteiger partial charge in [-0.1, -0.05) is 17.7 Å². The van der Waals surface area contributed by atoms with Crippen LogP contribution in [0.25, 0.3) is 0 Å². The Morgan fingerprint density at radius 3 is 2.79 bits per heavy atom. The maximum absolute atomic E-state index is 10.5. The van der Waals surface area contributed by atoms with Crippen molar-refractivity contribution in [3.8, 4) is 0 Å². The molecule has 1 rings (SSSR count). The first-order valence-corrected chi connectivity index (χ1v) is 4.86. The Morgan fingerprint density at radius 1 is 1.50 bits per heavy atom. The smallest absolute Gasteiger partial charge is 0.302 e. The van der Waals surface area contributed by atoms with E-state index in [1.807, 2.05) is 25.1 Å². The summed E-state index contributed by atoms with van der Waals surface area (Å²) in [6.45, 7) is 3.83. The zero-order valence-corrected chi connectivity index (χ0v) is 9.10. The number of aryl methyl sites for hydroxylation is 1. The van der Waals surface area contributed by atoms with E-state index < -0.39 is 0 Å². The van der Waals surface area contributed by atoms with Gasteiger partial charge in [0.05, 0.1) is 6.61 Å². The van der Waals surface area contributed by atoms with E-state index in [2.05, 4.69) is 0 Å². The summed E-state index contributed by atoms with van der Waals surface area (Å²) in [5, 5.41) is 0.735. The molecule has 76 valence electrons. The SMILES string of the molecule is CC(=O)OCCc1ccc(Cl)cc1C. The van der Waals surface area contributed by atoms with Crippen LogP contribution in [-0.2, 0) is 16.0 Å². The van der Waals surface area contributed by atoms with Gasteiger partial charge in [-0.25, -0.2) is 0 Å². The summed E-state index contributed by atoms with van der Waals surface area (Å²) in [7, 11) is 0. The molecule has 1 aromatic rings. The zero-order valence-electron chi connectivity index (χ0n) is 8.34. The Labute approximate surface area is 88.8 Å². The average molecular weight is 213 g/mol. The van der Waals surface area contributed by atoms with Gasteiger partial charge in [0.15, 0.2) is 0 Å². The van der Waals surface area contributed by atoms with Gasteiger partial charge < -0.3 is 4.74 Å². The van der Waals surface area contributed by atoms with E-state index in [0.717, 1.165) is 22.6 Å². The largest absolute Gasteiger partial charge is 0.466 e. The molecule has 0 heterocycles. The van der Waals surface area contributed by atoms with Gasteiger partial charge in [-0.2, -0.15) is 0 Å². The lowest BCUT2D eigenvalue weighted by atomic mass is 10.1. The van der Waals surface area contributed by atoms with Crippen molar-refractivity contribution in [3.05, 3.63) is 34.3 Å². The maximum atomic E-state index is 10.5. The number of carbonyl (C=O) groups is 1. The summed E-state index contributed by atoms with van der Waals surface area (Å²) in [6.07, 6.45) is 0.739. The van der Waals surface area contributed by atoms with E-state index in [0.29, 0.717) is 6.61 Å². The predicted octanol–water partition coefficient (Wildman–Crippen LogP) is 2.75. The molecule has 0 radical (unpaired) electrons. The van der Waals surface area contributed by atoms with Crippen molar-refractivity contribution in [2.75, 3.05) is 6.61 Å². The van der Waals surface area contributed by atoms with Gasteiger partial charge in [-0.3, -0.25) is 4.79 Å². The fraction of sp³-hybridized carbons (Fsp3) is 0.364. The molecular weight excluding hydrogens is 200 g/mol. The van der Waals surface area contributed by atoms with Gasteiger partial charge in [0.1, 0.15) is 0 Å². The number of halogens is 1. The highest BCUT2D eigenvalue weighted by molar-refractivity contribution is 6.30. The summed E-state index contributed by atoms with van der Waals surface area (Å²) in [6, 6.07) is 5.71. The van der Waals surface area contributed by atoms with Gasteiger partial charge in [0.25, 0.3) is 0 Å². The van der Waals surface area contributed by atoms with Gasteiger partial charge in [0, 0.05) is 18.4 Å². The predicted molar refractivity (Wildman–Crippen MR) is 56.5 cm³/mol. The zero-order chi connectivity index (χ0) is 10.6. The number of rotatable bonds is 3. The molecule has 0 aromatic heterocycles. The molecule has 0 aliphatic carbocycles. The third-order valence-electron chi connectivity index (χ3n) is 1.98. The third kappa shape index (κ3) is 3.38. The van der Waals surface area contributed by atoms with E-state index in [4.69, 9.17) is 16.3 Å². The van der Waals surface area contributed by atoms with Gasteiger partial charge >= 0.3 is 5.97 Å². The quantitative estimate of drug-likeness (QED) is 0.721. The summed E-state index contributed by atoms with van der Waals surface area (Å²) < 4.78 is 4.86. The van der Waals surface area contributed by atoms with E-state index in [9.17, 15) is 4.79 Å². The van der Waals surface area contributed by atoms with Crippen LogP contribution in [0.3, 0.4) is 0 Å². The highest BCUT2D eigenvalue weighted by Gasteiger charge is 2.00. The second-order valence-electron chi connectivity index (χ2n) is 3.16. The number of ether oxygens (including phenoxy) is 1. The number of benzene rings is 1. The van der Waals surface area contributed by atoms with Crippen LogP contribution in [0.5, 0.6) is 0 Å². The minimum Gasteiger partial charge on any atom is -0.466 e. The Morgan fingerprint density at radius 2 is 2.21 bits per heavy atom. The van der Waals surface area contributed by atoms with Gasteiger partial charge in [-0.15, -0.1) is 0 Å². The first-order valence-electron chi connectivity index (χ1n) is 4.48. The van der Waals surface area contributed by atoms with E-state index in [-0.39, 0.29) is 5.97 Å². The van der Waals surface area contributed by atoms with Crippen LogP contribution in [0.2, 0.25) is 5.02 Å². The van der Waals surface area contributed by atoms with Crippen LogP contribution in [-0.4, -0.2) is 12.6 Å². The van der Waals surface area contributed by atoms with Crippen molar-refractivity contribution in [1.29, 1.82) is 0 Å². The molecule has 2 nitrogen and oxygen atoms in total. The van der Waals surface area contributed by atoms with Crippen molar-refractivity contribution in [1.82, 2.24) is 0 Å². The van der Waals surface area contributed by atoms with Crippen molar-refractivity contribution in [3.63, 3.8) is 0 Å². The Kier molecular flexibility index (Phi) is 3.96. The van der Waals surface area contributed by atoms with Crippen LogP contribution < -0.4 is 0 Å². The molecule has 0 saturated heterocycles. The average Bonchev–Trinajstić information content (AvgIpc) is 2.08. The number of esters is 1. The van der Waals surface area contributed by atoms with Crippen molar-refractivity contribution >= 4 is 17.6 Å². The van der Waals surface area contributed by atoms with E-state index >= 15 is 0 Å². The molecule has 0 amide bonds. The molecule has 0 unspecified atom stereocenters. The Bertz CT molecular complexity index is 334. The standard InChI is InChI=1S/C11H13ClO2/c1-8-7-11(12)4-3-10(8)5-6-14-9(2)13/h3-4,7H,5-6H2,1-2H3. The molecule has 0 saturated carbocycles. The van der Waals surface area contributed by atoms with Crippen LogP contribution in [0, 0.1) is 6.92 Å². The lowest BCUT2D eigenvalue weighted by Crippen LogP contribution is -2.04. The molecule has 0 aliphatic rings. The molecule has 0 aliphatic heterocycles. The Hall–Kier alpha value is -1.02. The lowest BCUT2D eigenvalue weighted by molar-refractivity contribution is -0.140. The molecule has 14 heavy (non-hydrogen) atoms. The fourth-order valence-electron chi connectivity index (χ4n) is 1.24. The summed E-state index contributed by atoms with van der Waals surface area (Å²) in [5.74, 6) is -0.239. The monoisotopic (exact) mass is 212 g/mol. The van der Waals surface area contributed by atoms with E-state index in [1.54, 1.807) is 0 Å². The molecule has 0 spiro atoms. The topological polar surface area (TPSA) is 26.3 Å². The van der Waals surface area contributed by atoms with Crippen LogP contribution >= 0.6 is 11.6 Å². The summed E-state index contributed by atoms with van der Waals surface area (Å²) in [4.78, 5) is 10.5. The highest BCUT2D eigenvalue weighted by Crippen LogP contribution is 2.15. The second kappa shape index (κ2) is 5.01. The fourth-order valence-corrected chi connectivity index (χ4v) is 1.47. The molecule has 0 fully saturated rings. The highest BCUT2D eigenvalue weighted by atomic mass is 35.5. The van der Waals surface area contributed by atoms with Crippen LogP contribution in [0.1, 0.15) is 18.1 Å². The minimum atomic E-state index is -0.239. The van der Waals surface area contributed by atoms with Gasteiger partial charge in [0.2, 0.25) is 0 Å². The molecule has 0 N–H and O–H groups in total. The molecule has 3 heteroatoms. The lowest BCUT2D eigenvalue weighted by Gasteiger charge is -2.06. The summed E-state index contributed by atoms with van der Waals surface area (Å²) in [5.41, 5.74) is 2.29. The molecular formula is C11H13ClO2. The van der Waals surface area contributed by atoms with E-state index in [1.165, 1.54) is 6.92 Å². The molecule has 1 aromatic carbocycles.